The van der Waals surface area contributed by atoms with E-state index in [0.29, 0.717) is 6.61 Å². The van der Waals surface area contributed by atoms with E-state index in [-0.39, 0.29) is 29.8 Å². The Morgan fingerprint density at radius 2 is 1.96 bits per heavy atom. The van der Waals surface area contributed by atoms with Crippen LogP contribution in [0, 0.1) is 11.8 Å². The molecule has 6 heteroatoms. The summed E-state index contributed by atoms with van der Waals surface area (Å²) in [5.74, 6) is -0.229. The molecule has 1 amide bonds. The Hall–Kier alpha value is -0.810. The maximum Gasteiger partial charge on any atom is 0.309 e. The summed E-state index contributed by atoms with van der Waals surface area (Å²) >= 11 is 5.53. The van der Waals surface area contributed by atoms with Gasteiger partial charge in [-0.25, -0.2) is 4.84 Å². The van der Waals surface area contributed by atoms with E-state index in [4.69, 9.17) is 16.5 Å². The monoisotopic (exact) mass is 346 g/mol. The second-order valence-corrected chi connectivity index (χ2v) is 6.65. The van der Waals surface area contributed by atoms with Gasteiger partial charge in [0.1, 0.15) is 0 Å². The van der Waals surface area contributed by atoms with Crippen molar-refractivity contribution in [3.05, 3.63) is 0 Å². The van der Waals surface area contributed by atoms with Gasteiger partial charge >= 0.3 is 5.97 Å². The molecular weight excluding hydrogens is 316 g/mol. The van der Waals surface area contributed by atoms with Crippen LogP contribution in [0.3, 0.4) is 0 Å². The molecule has 0 heterocycles. The summed E-state index contributed by atoms with van der Waals surface area (Å²) in [4.78, 5) is 26.9. The molecule has 1 rings (SSSR count). The highest BCUT2D eigenvalue weighted by Gasteiger charge is 2.36. The van der Waals surface area contributed by atoms with E-state index in [0.717, 1.165) is 44.9 Å². The third-order valence-electron chi connectivity index (χ3n) is 4.71. The fourth-order valence-electron chi connectivity index (χ4n) is 3.25. The van der Waals surface area contributed by atoms with Crippen molar-refractivity contribution in [2.45, 2.75) is 77.8 Å². The third-order valence-corrected chi connectivity index (χ3v) is 5.03. The van der Waals surface area contributed by atoms with E-state index in [1.54, 1.807) is 6.92 Å². The first-order valence-corrected chi connectivity index (χ1v) is 9.26. The van der Waals surface area contributed by atoms with Crippen LogP contribution in [0.5, 0.6) is 0 Å². The molecule has 1 aliphatic rings. The summed E-state index contributed by atoms with van der Waals surface area (Å²) in [6.07, 6.45) is 6.68. The molecule has 1 aliphatic carbocycles. The lowest BCUT2D eigenvalue weighted by molar-refractivity contribution is -0.152. The molecule has 4 atom stereocenters. The summed E-state index contributed by atoms with van der Waals surface area (Å²) in [5.41, 5.74) is 0. The molecule has 0 aromatic rings. The molecule has 23 heavy (non-hydrogen) atoms. The number of halogens is 1. The number of hydrogen-bond donors (Lipinski definition) is 2. The van der Waals surface area contributed by atoms with Crippen molar-refractivity contribution >= 4 is 23.7 Å². The molecule has 2 N–H and O–H groups in total. The van der Waals surface area contributed by atoms with Crippen LogP contribution >= 0.6 is 11.8 Å². The van der Waals surface area contributed by atoms with Crippen LogP contribution in [0.2, 0.25) is 0 Å². The van der Waals surface area contributed by atoms with E-state index >= 15 is 0 Å². The highest BCUT2D eigenvalue weighted by Crippen LogP contribution is 2.33. The van der Waals surface area contributed by atoms with Gasteiger partial charge in [0, 0.05) is 6.04 Å². The Morgan fingerprint density at radius 3 is 2.57 bits per heavy atom. The van der Waals surface area contributed by atoms with Gasteiger partial charge in [-0.15, -0.1) is 0 Å². The molecular formula is C17H31ClN2O3. The van der Waals surface area contributed by atoms with Gasteiger partial charge in [-0.2, -0.15) is 0 Å². The molecule has 5 nitrogen and oxygen atoms in total. The summed E-state index contributed by atoms with van der Waals surface area (Å²) < 4.78 is 5.43. The van der Waals surface area contributed by atoms with E-state index in [1.807, 2.05) is 6.92 Å². The fraction of sp³-hybridized carbons (Fsp3) is 0.882. The van der Waals surface area contributed by atoms with Crippen molar-refractivity contribution in [1.82, 2.24) is 10.2 Å². The Balaban J connectivity index is 2.69. The highest BCUT2D eigenvalue weighted by molar-refractivity contribution is 6.15. The fourth-order valence-corrected chi connectivity index (χ4v) is 3.35. The summed E-state index contributed by atoms with van der Waals surface area (Å²) in [5, 5.41) is 3.06. The van der Waals surface area contributed by atoms with Gasteiger partial charge in [0.15, 0.2) is 0 Å². The molecule has 0 radical (unpaired) electrons. The SMILES string of the molecule is CCCCOC(=O)[C@H](CC)[C@H]1CCCC[C@H]1NC(=O)[C@@H](C)NCl. The summed E-state index contributed by atoms with van der Waals surface area (Å²) in [7, 11) is 0. The molecule has 134 valence electrons. The molecule has 0 aromatic carbocycles. The van der Waals surface area contributed by atoms with E-state index in [9.17, 15) is 9.59 Å². The van der Waals surface area contributed by atoms with Crippen LogP contribution in [0.1, 0.15) is 65.7 Å². The van der Waals surface area contributed by atoms with Crippen LogP contribution in [-0.2, 0) is 14.3 Å². The topological polar surface area (TPSA) is 67.4 Å². The van der Waals surface area contributed by atoms with Crippen molar-refractivity contribution in [3.63, 3.8) is 0 Å². The number of nitrogens with one attached hydrogen (secondary N) is 2. The quantitative estimate of drug-likeness (QED) is 0.382. The number of esters is 1. The van der Waals surface area contributed by atoms with Gasteiger partial charge in [0.05, 0.1) is 18.6 Å². The maximum absolute atomic E-state index is 12.4. The number of unbranched alkanes of at least 4 members (excludes halogenated alkanes) is 1. The van der Waals surface area contributed by atoms with Gasteiger partial charge in [0.25, 0.3) is 0 Å². The van der Waals surface area contributed by atoms with Gasteiger partial charge in [-0.05, 0) is 50.3 Å². The van der Waals surface area contributed by atoms with E-state index in [2.05, 4.69) is 17.1 Å². The van der Waals surface area contributed by atoms with Gasteiger partial charge in [-0.1, -0.05) is 33.1 Å². The average Bonchev–Trinajstić information content (AvgIpc) is 2.56. The van der Waals surface area contributed by atoms with Crippen molar-refractivity contribution in [1.29, 1.82) is 0 Å². The minimum absolute atomic E-state index is 0.0207. The number of amides is 1. The van der Waals surface area contributed by atoms with Gasteiger partial charge in [0.2, 0.25) is 5.91 Å². The van der Waals surface area contributed by atoms with Crippen LogP contribution in [0.15, 0.2) is 0 Å². The predicted molar refractivity (Wildman–Crippen MR) is 92.0 cm³/mol. The number of hydrogen-bond acceptors (Lipinski definition) is 4. The smallest absolute Gasteiger partial charge is 0.309 e. The number of carbonyl (C=O) groups is 2. The molecule has 0 spiro atoms. The first kappa shape index (κ1) is 20.2. The van der Waals surface area contributed by atoms with Crippen LogP contribution in [0.4, 0.5) is 0 Å². The largest absolute Gasteiger partial charge is 0.465 e. The minimum atomic E-state index is -0.448. The van der Waals surface area contributed by atoms with Crippen molar-refractivity contribution in [2.24, 2.45) is 11.8 Å². The Labute approximate surface area is 145 Å². The normalized spacial score (nSPS) is 23.8. The maximum atomic E-state index is 12.4. The molecule has 0 bridgehead atoms. The number of ether oxygens (including phenoxy) is 1. The second-order valence-electron chi connectivity index (χ2n) is 6.43. The number of carbonyl (C=O) groups excluding carboxylic acids is 2. The van der Waals surface area contributed by atoms with E-state index < -0.39 is 6.04 Å². The Bertz CT molecular complexity index is 379. The molecule has 1 saturated carbocycles. The molecule has 0 aromatic heterocycles. The lowest BCUT2D eigenvalue weighted by atomic mass is 9.75. The van der Waals surface area contributed by atoms with Crippen LogP contribution in [-0.4, -0.2) is 30.6 Å². The average molecular weight is 347 g/mol. The first-order chi connectivity index (χ1) is 11.0. The second kappa shape index (κ2) is 10.9. The zero-order valence-corrected chi connectivity index (χ0v) is 15.3. The molecule has 0 aliphatic heterocycles. The number of rotatable bonds is 9. The molecule has 0 unspecified atom stereocenters. The summed E-state index contributed by atoms with van der Waals surface area (Å²) in [6, 6.07) is -0.428. The minimum Gasteiger partial charge on any atom is -0.465 e. The van der Waals surface area contributed by atoms with Gasteiger partial charge < -0.3 is 10.1 Å². The van der Waals surface area contributed by atoms with Gasteiger partial charge in [-0.3, -0.25) is 9.59 Å². The summed E-state index contributed by atoms with van der Waals surface area (Å²) in [6.45, 7) is 6.30. The Kier molecular flexibility index (Phi) is 9.56. The standard InChI is InChI=1S/C17H31ClN2O3/c1-4-6-11-23-17(22)13(5-2)14-9-7-8-10-15(14)19-16(21)12(3)20-18/h12-15,20H,4-11H2,1-3H3,(H,19,21)/t12-,13-,14-,15-/m1/s1. The van der Waals surface area contributed by atoms with Crippen molar-refractivity contribution < 1.29 is 14.3 Å². The van der Waals surface area contributed by atoms with E-state index in [1.165, 1.54) is 0 Å². The third kappa shape index (κ3) is 6.30. The predicted octanol–water partition coefficient (Wildman–Crippen LogP) is 3.16. The zero-order chi connectivity index (χ0) is 17.2. The Morgan fingerprint density at radius 1 is 1.26 bits per heavy atom. The van der Waals surface area contributed by atoms with Crippen molar-refractivity contribution in [3.8, 4) is 0 Å². The lowest BCUT2D eigenvalue weighted by Crippen LogP contribution is -2.50. The van der Waals surface area contributed by atoms with Crippen LogP contribution < -0.4 is 10.2 Å². The molecule has 1 fully saturated rings. The molecule has 0 saturated heterocycles. The first-order valence-electron chi connectivity index (χ1n) is 8.88. The van der Waals surface area contributed by atoms with Crippen LogP contribution in [0.25, 0.3) is 0 Å². The zero-order valence-electron chi connectivity index (χ0n) is 14.6. The lowest BCUT2D eigenvalue weighted by Gasteiger charge is -2.36. The highest BCUT2D eigenvalue weighted by atomic mass is 35.5. The van der Waals surface area contributed by atoms with Crippen molar-refractivity contribution in [2.75, 3.05) is 6.61 Å².